The van der Waals surface area contributed by atoms with Crippen LogP contribution < -0.4 is 0 Å². The van der Waals surface area contributed by atoms with Gasteiger partial charge in [-0.2, -0.15) is 0 Å². The van der Waals surface area contributed by atoms with Crippen molar-refractivity contribution in [2.24, 2.45) is 5.92 Å². The predicted octanol–water partition coefficient (Wildman–Crippen LogP) is 4.55. The van der Waals surface area contributed by atoms with Gasteiger partial charge in [0.15, 0.2) is 0 Å². The van der Waals surface area contributed by atoms with Crippen LogP contribution in [-0.4, -0.2) is 34.2 Å². The average molecular weight is 354 g/mol. The molecule has 3 nitrogen and oxygen atoms in total. The SMILES string of the molecule is CCCN(CCCc1ccccc1)C1Cc2c(O)ccc(O)c2CC1C. The van der Waals surface area contributed by atoms with Crippen LogP contribution in [-0.2, 0) is 19.3 Å². The number of benzene rings is 2. The number of phenolic OH excluding ortho intramolecular Hbond substituents is 2. The van der Waals surface area contributed by atoms with Crippen molar-refractivity contribution in [1.29, 1.82) is 0 Å². The van der Waals surface area contributed by atoms with Crippen LogP contribution in [0, 0.1) is 5.92 Å². The molecule has 0 radical (unpaired) electrons. The van der Waals surface area contributed by atoms with E-state index < -0.39 is 0 Å². The van der Waals surface area contributed by atoms with Crippen molar-refractivity contribution in [3.8, 4) is 11.5 Å². The highest BCUT2D eigenvalue weighted by Gasteiger charge is 2.32. The van der Waals surface area contributed by atoms with Gasteiger partial charge in [0.2, 0.25) is 0 Å². The molecule has 1 aliphatic rings. The zero-order chi connectivity index (χ0) is 18.5. The molecule has 2 N–H and O–H groups in total. The van der Waals surface area contributed by atoms with Crippen molar-refractivity contribution in [3.05, 3.63) is 59.2 Å². The molecule has 2 aromatic rings. The monoisotopic (exact) mass is 353 g/mol. The average Bonchev–Trinajstić information content (AvgIpc) is 2.65. The Morgan fingerprint density at radius 3 is 2.23 bits per heavy atom. The Morgan fingerprint density at radius 2 is 1.58 bits per heavy atom. The van der Waals surface area contributed by atoms with Crippen LogP contribution in [0.2, 0.25) is 0 Å². The van der Waals surface area contributed by atoms with Gasteiger partial charge in [0.25, 0.3) is 0 Å². The molecule has 0 spiro atoms. The molecule has 0 bridgehead atoms. The maximum absolute atomic E-state index is 10.3. The number of rotatable bonds is 7. The number of nitrogens with zero attached hydrogens (tertiary/aromatic N) is 1. The van der Waals surface area contributed by atoms with Crippen molar-refractivity contribution in [1.82, 2.24) is 4.90 Å². The molecule has 0 saturated carbocycles. The fourth-order valence-corrected chi connectivity index (χ4v) is 4.34. The van der Waals surface area contributed by atoms with Crippen molar-refractivity contribution in [2.75, 3.05) is 13.1 Å². The van der Waals surface area contributed by atoms with E-state index in [0.29, 0.717) is 23.5 Å². The number of phenols is 2. The van der Waals surface area contributed by atoms with E-state index in [1.165, 1.54) is 5.56 Å². The smallest absolute Gasteiger partial charge is 0.119 e. The third-order valence-electron chi connectivity index (χ3n) is 5.71. The topological polar surface area (TPSA) is 43.7 Å². The molecule has 0 aromatic heterocycles. The number of aryl methyl sites for hydroxylation is 1. The molecule has 26 heavy (non-hydrogen) atoms. The summed E-state index contributed by atoms with van der Waals surface area (Å²) in [5.74, 6) is 1.13. The quantitative estimate of drug-likeness (QED) is 0.718. The summed E-state index contributed by atoms with van der Waals surface area (Å²) in [6, 6.07) is 14.3. The summed E-state index contributed by atoms with van der Waals surface area (Å²) in [6.45, 7) is 6.66. The van der Waals surface area contributed by atoms with Crippen molar-refractivity contribution < 1.29 is 10.2 Å². The second kappa shape index (κ2) is 8.59. The van der Waals surface area contributed by atoms with Crippen LogP contribution in [0.5, 0.6) is 11.5 Å². The molecule has 0 amide bonds. The fraction of sp³-hybridized carbons (Fsp3) is 0.478. The van der Waals surface area contributed by atoms with Gasteiger partial charge in [-0.25, -0.2) is 0 Å². The maximum Gasteiger partial charge on any atom is 0.119 e. The fourth-order valence-electron chi connectivity index (χ4n) is 4.34. The van der Waals surface area contributed by atoms with Crippen molar-refractivity contribution in [3.63, 3.8) is 0 Å². The Kier molecular flexibility index (Phi) is 6.20. The van der Waals surface area contributed by atoms with Crippen molar-refractivity contribution >= 4 is 0 Å². The third kappa shape index (κ3) is 4.21. The highest BCUT2D eigenvalue weighted by atomic mass is 16.3. The molecular weight excluding hydrogens is 322 g/mol. The minimum atomic E-state index is 0.328. The molecular formula is C23H31NO2. The summed E-state index contributed by atoms with van der Waals surface area (Å²) in [5.41, 5.74) is 3.28. The van der Waals surface area contributed by atoms with Gasteiger partial charge in [-0.15, -0.1) is 0 Å². The first-order valence-corrected chi connectivity index (χ1v) is 9.90. The van der Waals surface area contributed by atoms with Crippen LogP contribution >= 0.6 is 0 Å². The van der Waals surface area contributed by atoms with Gasteiger partial charge in [0.05, 0.1) is 0 Å². The molecule has 0 heterocycles. The van der Waals surface area contributed by atoms with Gasteiger partial charge in [-0.3, -0.25) is 4.90 Å². The van der Waals surface area contributed by atoms with Gasteiger partial charge in [-0.1, -0.05) is 44.2 Å². The lowest BCUT2D eigenvalue weighted by molar-refractivity contribution is 0.135. The molecule has 2 unspecified atom stereocenters. The number of hydrogen-bond donors (Lipinski definition) is 2. The summed E-state index contributed by atoms with van der Waals surface area (Å²) in [5, 5.41) is 20.5. The summed E-state index contributed by atoms with van der Waals surface area (Å²) in [4.78, 5) is 2.60. The van der Waals surface area contributed by atoms with Gasteiger partial charge in [0, 0.05) is 17.2 Å². The largest absolute Gasteiger partial charge is 0.508 e. The minimum absolute atomic E-state index is 0.328. The van der Waals surface area contributed by atoms with E-state index in [4.69, 9.17) is 0 Å². The van der Waals surface area contributed by atoms with Crippen LogP contribution in [0.4, 0.5) is 0 Å². The summed E-state index contributed by atoms with van der Waals surface area (Å²) in [6.07, 6.45) is 5.03. The lowest BCUT2D eigenvalue weighted by Gasteiger charge is -2.40. The van der Waals surface area contributed by atoms with Crippen LogP contribution in [0.15, 0.2) is 42.5 Å². The lowest BCUT2D eigenvalue weighted by Crippen LogP contribution is -2.45. The Morgan fingerprint density at radius 1 is 0.923 bits per heavy atom. The predicted molar refractivity (Wildman–Crippen MR) is 107 cm³/mol. The second-order valence-corrected chi connectivity index (χ2v) is 7.64. The highest BCUT2D eigenvalue weighted by molar-refractivity contribution is 5.49. The zero-order valence-corrected chi connectivity index (χ0v) is 16.0. The van der Waals surface area contributed by atoms with E-state index in [0.717, 1.165) is 56.3 Å². The first kappa shape index (κ1) is 18.8. The van der Waals surface area contributed by atoms with Gasteiger partial charge < -0.3 is 10.2 Å². The molecule has 2 aromatic carbocycles. The first-order chi connectivity index (χ1) is 12.6. The first-order valence-electron chi connectivity index (χ1n) is 9.90. The Hall–Kier alpha value is -2.00. The third-order valence-corrected chi connectivity index (χ3v) is 5.71. The zero-order valence-electron chi connectivity index (χ0n) is 16.0. The number of aromatic hydroxyl groups is 2. The van der Waals surface area contributed by atoms with Crippen LogP contribution in [0.25, 0.3) is 0 Å². The maximum atomic E-state index is 10.3. The molecule has 0 fully saturated rings. The van der Waals surface area contributed by atoms with E-state index in [1.54, 1.807) is 12.1 Å². The Labute approximate surface area is 157 Å². The van der Waals surface area contributed by atoms with Crippen molar-refractivity contribution in [2.45, 2.75) is 52.0 Å². The standard InChI is InChI=1S/C23H31NO2/c1-3-13-24(14-7-10-18-8-5-4-6-9-18)21-16-20-19(15-17(21)2)22(25)11-12-23(20)26/h4-6,8-9,11-12,17,21,25-26H,3,7,10,13-16H2,1-2H3. The normalized spacial score (nSPS) is 19.5. The Balaban J connectivity index is 1.70. The molecule has 140 valence electrons. The van der Waals surface area contributed by atoms with Gasteiger partial charge in [-0.05, 0) is 68.8 Å². The number of fused-ring (bicyclic) bond motifs is 1. The molecule has 3 heteroatoms. The summed E-state index contributed by atoms with van der Waals surface area (Å²) < 4.78 is 0. The van der Waals surface area contributed by atoms with Crippen LogP contribution in [0.1, 0.15) is 43.4 Å². The minimum Gasteiger partial charge on any atom is -0.508 e. The van der Waals surface area contributed by atoms with Gasteiger partial charge in [0.1, 0.15) is 11.5 Å². The van der Waals surface area contributed by atoms with E-state index in [2.05, 4.69) is 49.1 Å². The highest BCUT2D eigenvalue weighted by Crippen LogP contribution is 2.38. The summed E-state index contributed by atoms with van der Waals surface area (Å²) in [7, 11) is 0. The lowest BCUT2D eigenvalue weighted by atomic mass is 9.79. The second-order valence-electron chi connectivity index (χ2n) is 7.64. The van der Waals surface area contributed by atoms with Gasteiger partial charge >= 0.3 is 0 Å². The number of hydrogen-bond acceptors (Lipinski definition) is 3. The molecule has 3 rings (SSSR count). The van der Waals surface area contributed by atoms with E-state index >= 15 is 0 Å². The molecule has 0 aliphatic heterocycles. The summed E-state index contributed by atoms with van der Waals surface area (Å²) >= 11 is 0. The molecule has 1 aliphatic carbocycles. The van der Waals surface area contributed by atoms with E-state index in [9.17, 15) is 10.2 Å². The van der Waals surface area contributed by atoms with E-state index in [1.807, 2.05) is 0 Å². The molecule has 2 atom stereocenters. The molecule has 0 saturated heterocycles. The van der Waals surface area contributed by atoms with Crippen LogP contribution in [0.3, 0.4) is 0 Å². The van der Waals surface area contributed by atoms with E-state index in [-0.39, 0.29) is 0 Å². The Bertz CT molecular complexity index is 714.